The van der Waals surface area contributed by atoms with E-state index in [1.165, 1.54) is 24.3 Å². The van der Waals surface area contributed by atoms with Crippen LogP contribution >= 0.6 is 0 Å². The Labute approximate surface area is 112 Å². The average Bonchev–Trinajstić information content (AvgIpc) is 2.36. The van der Waals surface area contributed by atoms with E-state index < -0.39 is 22.6 Å². The minimum absolute atomic E-state index is 0.105. The maximum Gasteiger partial charge on any atom is 0.240 e. The summed E-state index contributed by atoms with van der Waals surface area (Å²) in [6, 6.07) is 5.35. The number of hydrogen-bond donors (Lipinski definition) is 1. The number of carbonyl (C=O) groups is 1. The van der Waals surface area contributed by atoms with Gasteiger partial charge in [-0.15, -0.1) is 0 Å². The monoisotopic (exact) mass is 286 g/mol. The van der Waals surface area contributed by atoms with E-state index in [-0.39, 0.29) is 16.7 Å². The summed E-state index contributed by atoms with van der Waals surface area (Å²) in [5.41, 5.74) is 0. The van der Waals surface area contributed by atoms with Gasteiger partial charge in [0, 0.05) is 6.04 Å². The number of hydrogen-bond acceptors (Lipinski definition) is 5. The summed E-state index contributed by atoms with van der Waals surface area (Å²) in [4.78, 5) is 10.3. The van der Waals surface area contributed by atoms with Crippen molar-refractivity contribution in [2.45, 2.75) is 31.2 Å². The molecule has 106 valence electrons. The molecule has 0 fully saturated rings. The first-order valence-electron chi connectivity index (χ1n) is 5.80. The van der Waals surface area contributed by atoms with Crippen LogP contribution in [0.2, 0.25) is 0 Å². The van der Waals surface area contributed by atoms with Crippen LogP contribution in [-0.2, 0) is 14.8 Å². The summed E-state index contributed by atoms with van der Waals surface area (Å²) in [6.45, 7) is 3.08. The number of aliphatic carboxylic acids is 1. The number of rotatable bonds is 7. The third-order valence-corrected chi connectivity index (χ3v) is 4.06. The molecule has 7 heteroatoms. The third kappa shape index (κ3) is 4.88. The summed E-state index contributed by atoms with van der Waals surface area (Å²) in [5.74, 6) is -1.07. The molecule has 6 nitrogen and oxygen atoms in total. The SMILES string of the molecule is CC[C@H](C)NS(=O)(=O)c1ccc(OCC(=O)[O-])cc1. The highest BCUT2D eigenvalue weighted by Gasteiger charge is 2.16. The molecule has 0 saturated heterocycles. The van der Waals surface area contributed by atoms with Crippen LogP contribution in [0.3, 0.4) is 0 Å². The van der Waals surface area contributed by atoms with E-state index in [0.717, 1.165) is 0 Å². The summed E-state index contributed by atoms with van der Waals surface area (Å²) in [5, 5.41) is 10.2. The molecule has 0 saturated carbocycles. The normalized spacial score (nSPS) is 12.9. The van der Waals surface area contributed by atoms with Crippen LogP contribution in [0.4, 0.5) is 0 Å². The second-order valence-electron chi connectivity index (χ2n) is 4.06. The predicted molar refractivity (Wildman–Crippen MR) is 67.0 cm³/mol. The van der Waals surface area contributed by atoms with Gasteiger partial charge in [0.15, 0.2) is 0 Å². The van der Waals surface area contributed by atoms with E-state index in [1.54, 1.807) is 6.92 Å². The van der Waals surface area contributed by atoms with Crippen molar-refractivity contribution in [3.63, 3.8) is 0 Å². The molecule has 0 aromatic heterocycles. The Hall–Kier alpha value is -1.60. The number of carboxylic acid groups (broad SMARTS) is 1. The number of carbonyl (C=O) groups excluding carboxylic acids is 1. The molecular formula is C12H16NO5S-. The van der Waals surface area contributed by atoms with Crippen LogP contribution in [0.5, 0.6) is 5.75 Å². The molecule has 1 aromatic carbocycles. The minimum atomic E-state index is -3.55. The van der Waals surface area contributed by atoms with Crippen molar-refractivity contribution in [3.8, 4) is 5.75 Å². The zero-order chi connectivity index (χ0) is 14.5. The minimum Gasteiger partial charge on any atom is -0.546 e. The lowest BCUT2D eigenvalue weighted by Crippen LogP contribution is -2.32. The summed E-state index contributed by atoms with van der Waals surface area (Å²) in [7, 11) is -3.55. The highest BCUT2D eigenvalue weighted by molar-refractivity contribution is 7.89. The van der Waals surface area contributed by atoms with Gasteiger partial charge in [0.1, 0.15) is 12.4 Å². The van der Waals surface area contributed by atoms with Gasteiger partial charge in [-0.1, -0.05) is 6.92 Å². The van der Waals surface area contributed by atoms with Crippen LogP contribution in [-0.4, -0.2) is 27.0 Å². The Balaban J connectivity index is 2.77. The standard InChI is InChI=1S/C12H17NO5S/c1-3-9(2)13-19(16,17)11-6-4-10(5-7-11)18-8-12(14)15/h4-7,9,13H,3,8H2,1-2H3,(H,14,15)/p-1/t9-/m0/s1. The number of benzene rings is 1. The van der Waals surface area contributed by atoms with Crippen LogP contribution in [0, 0.1) is 0 Å². The van der Waals surface area contributed by atoms with Crippen molar-refractivity contribution in [2.75, 3.05) is 6.61 Å². The Morgan fingerprint density at radius 3 is 2.42 bits per heavy atom. The van der Waals surface area contributed by atoms with Crippen molar-refractivity contribution in [1.29, 1.82) is 0 Å². The van der Waals surface area contributed by atoms with Gasteiger partial charge in [-0.2, -0.15) is 0 Å². The first kappa shape index (κ1) is 15.5. The number of ether oxygens (including phenoxy) is 1. The van der Waals surface area contributed by atoms with Crippen LogP contribution in [0.25, 0.3) is 0 Å². The van der Waals surface area contributed by atoms with Gasteiger partial charge in [0.05, 0.1) is 10.9 Å². The van der Waals surface area contributed by atoms with E-state index in [1.807, 2.05) is 6.92 Å². The number of nitrogens with one attached hydrogen (secondary N) is 1. The van der Waals surface area contributed by atoms with Crippen LogP contribution in [0.15, 0.2) is 29.2 Å². The molecule has 1 atom stereocenters. The van der Waals surface area contributed by atoms with Gasteiger partial charge < -0.3 is 14.6 Å². The smallest absolute Gasteiger partial charge is 0.240 e. The fraction of sp³-hybridized carbons (Fsp3) is 0.417. The Morgan fingerprint density at radius 2 is 1.95 bits per heavy atom. The third-order valence-electron chi connectivity index (χ3n) is 2.46. The lowest BCUT2D eigenvalue weighted by Gasteiger charge is -2.12. The summed E-state index contributed by atoms with van der Waals surface area (Å²) in [6.07, 6.45) is 0.687. The van der Waals surface area contributed by atoms with Crippen molar-refractivity contribution in [1.82, 2.24) is 4.72 Å². The second-order valence-corrected chi connectivity index (χ2v) is 5.78. The van der Waals surface area contributed by atoms with Crippen molar-refractivity contribution >= 4 is 16.0 Å². The van der Waals surface area contributed by atoms with E-state index in [9.17, 15) is 18.3 Å². The lowest BCUT2D eigenvalue weighted by molar-refractivity contribution is -0.307. The summed E-state index contributed by atoms with van der Waals surface area (Å²) < 4.78 is 31.2. The Kier molecular flexibility index (Phi) is 5.31. The Morgan fingerprint density at radius 1 is 1.37 bits per heavy atom. The molecule has 0 spiro atoms. The zero-order valence-corrected chi connectivity index (χ0v) is 11.6. The molecule has 0 amide bonds. The molecule has 0 bridgehead atoms. The fourth-order valence-corrected chi connectivity index (χ4v) is 2.60. The van der Waals surface area contributed by atoms with Gasteiger partial charge in [-0.3, -0.25) is 0 Å². The van der Waals surface area contributed by atoms with Gasteiger partial charge in [-0.25, -0.2) is 13.1 Å². The topological polar surface area (TPSA) is 95.5 Å². The molecule has 1 N–H and O–H groups in total. The zero-order valence-electron chi connectivity index (χ0n) is 10.8. The largest absolute Gasteiger partial charge is 0.546 e. The molecule has 0 heterocycles. The second kappa shape index (κ2) is 6.53. The summed E-state index contributed by atoms with van der Waals surface area (Å²) >= 11 is 0. The van der Waals surface area contributed by atoms with E-state index in [4.69, 9.17) is 4.74 Å². The lowest BCUT2D eigenvalue weighted by atomic mass is 10.3. The first-order valence-corrected chi connectivity index (χ1v) is 7.28. The average molecular weight is 286 g/mol. The maximum absolute atomic E-state index is 11.9. The van der Waals surface area contributed by atoms with E-state index >= 15 is 0 Å². The Bertz CT molecular complexity index is 524. The number of sulfonamides is 1. The molecule has 0 radical (unpaired) electrons. The van der Waals surface area contributed by atoms with Crippen molar-refractivity contribution in [3.05, 3.63) is 24.3 Å². The number of carboxylic acids is 1. The van der Waals surface area contributed by atoms with Crippen LogP contribution in [0.1, 0.15) is 20.3 Å². The van der Waals surface area contributed by atoms with Gasteiger partial charge >= 0.3 is 0 Å². The van der Waals surface area contributed by atoms with E-state index in [0.29, 0.717) is 6.42 Å². The fourth-order valence-electron chi connectivity index (χ4n) is 1.27. The molecule has 0 aliphatic heterocycles. The highest BCUT2D eigenvalue weighted by atomic mass is 32.2. The van der Waals surface area contributed by atoms with Crippen LogP contribution < -0.4 is 14.6 Å². The van der Waals surface area contributed by atoms with Gasteiger partial charge in [0.25, 0.3) is 0 Å². The highest BCUT2D eigenvalue weighted by Crippen LogP contribution is 2.16. The molecule has 0 aliphatic carbocycles. The van der Waals surface area contributed by atoms with Crippen molar-refractivity contribution in [2.24, 2.45) is 0 Å². The van der Waals surface area contributed by atoms with E-state index in [2.05, 4.69) is 4.72 Å². The quantitative estimate of drug-likeness (QED) is 0.754. The maximum atomic E-state index is 11.9. The van der Waals surface area contributed by atoms with Crippen molar-refractivity contribution < 1.29 is 23.1 Å². The van der Waals surface area contributed by atoms with Gasteiger partial charge in [-0.05, 0) is 37.6 Å². The molecule has 0 unspecified atom stereocenters. The van der Waals surface area contributed by atoms with Gasteiger partial charge in [0.2, 0.25) is 10.0 Å². The predicted octanol–water partition coefficient (Wildman–Crippen LogP) is -0.108. The molecule has 19 heavy (non-hydrogen) atoms. The molecule has 0 aliphatic rings. The molecule has 1 aromatic rings. The first-order chi connectivity index (χ1) is 8.85. The molecule has 1 rings (SSSR count). The molecular weight excluding hydrogens is 270 g/mol.